The van der Waals surface area contributed by atoms with Crippen LogP contribution in [0.3, 0.4) is 0 Å². The van der Waals surface area contributed by atoms with Gasteiger partial charge in [-0.2, -0.15) is 0 Å². The van der Waals surface area contributed by atoms with E-state index in [9.17, 15) is 24.0 Å². The minimum Gasteiger partial charge on any atom is -0.490 e. The highest BCUT2D eigenvalue weighted by molar-refractivity contribution is 6.07. The van der Waals surface area contributed by atoms with Gasteiger partial charge in [-0.3, -0.25) is 24.0 Å². The molecular formula is C58H68O9. The zero-order valence-electron chi connectivity index (χ0n) is 40.0. The van der Waals surface area contributed by atoms with Crippen molar-refractivity contribution in [2.45, 2.75) is 142 Å². The molecule has 0 spiro atoms. The summed E-state index contributed by atoms with van der Waals surface area (Å²) in [7, 11) is 0. The molecule has 13 atom stereocenters. The van der Waals surface area contributed by atoms with Crippen molar-refractivity contribution in [1.82, 2.24) is 0 Å². The Bertz CT molecular complexity index is 2430. The number of hydrogen-bond donors (Lipinski definition) is 0. The highest BCUT2D eigenvalue weighted by Crippen LogP contribution is 2.68. The Morgan fingerprint density at radius 3 is 2.16 bits per heavy atom. The molecule has 2 saturated heterocycles. The van der Waals surface area contributed by atoms with Gasteiger partial charge in [-0.15, -0.1) is 0 Å². The van der Waals surface area contributed by atoms with Crippen molar-refractivity contribution in [1.29, 1.82) is 0 Å². The van der Waals surface area contributed by atoms with Crippen molar-refractivity contribution in [3.05, 3.63) is 95.1 Å². The van der Waals surface area contributed by atoms with Crippen LogP contribution in [0.5, 0.6) is 17.2 Å². The lowest BCUT2D eigenvalue weighted by Crippen LogP contribution is -2.54. The van der Waals surface area contributed by atoms with Gasteiger partial charge in [-0.05, 0) is 194 Å². The van der Waals surface area contributed by atoms with Gasteiger partial charge in [0.1, 0.15) is 17.2 Å². The number of ketones is 1. The van der Waals surface area contributed by atoms with Crippen LogP contribution in [0.1, 0.15) is 163 Å². The SMILES string of the molecule is CC(C)CCC[C@@H](C)[C@H]1CC[C@H]2[C@@H]3CCC4CC(Oc5ccc(C(=O)C=Cc6ccc(Oc7ccc8c(c7)C7C(=O)OC(=O)C7CC8C7CC(=O)OC7=O)cc6)cc5)CC[C@]4(C)[C@H]3CC[C@]12C. The van der Waals surface area contributed by atoms with Crippen molar-refractivity contribution >= 4 is 35.7 Å². The highest BCUT2D eigenvalue weighted by Gasteiger charge is 2.61. The standard InChI is InChI=1S/C58H68O9/c1-33(2)7-6-8-34(3)48-22-23-49-43-20-14-37-29-41(25-27-57(37,4)50(43)26-28-58(48,49)5)65-39-17-12-36(13-18-39)51(59)24-11-35-9-15-38(16-10-35)64-40-19-21-42-44(46-32-52(60)66-54(46)61)31-47-53(45(42)30-40)56(63)67-55(47)62/h9-13,15-19,21,24,30,33-34,37,41,43-44,46-50,53H,6-8,14,20,22-23,25-29,31-32H2,1-5H3/t34-,37?,41?,43+,44?,46?,47?,48-,49+,50+,53?,57+,58-/m1/s1. The molecule has 7 aliphatic rings. The molecule has 9 nitrogen and oxygen atoms in total. The van der Waals surface area contributed by atoms with Crippen molar-refractivity contribution in [3.63, 3.8) is 0 Å². The molecule has 2 heterocycles. The Labute approximate surface area is 396 Å². The van der Waals surface area contributed by atoms with Crippen molar-refractivity contribution in [2.75, 3.05) is 0 Å². The average molecular weight is 909 g/mol. The summed E-state index contributed by atoms with van der Waals surface area (Å²) >= 11 is 0. The summed E-state index contributed by atoms with van der Waals surface area (Å²) in [4.78, 5) is 63.2. The van der Waals surface area contributed by atoms with Gasteiger partial charge < -0.3 is 18.9 Å². The quantitative estimate of drug-likeness (QED) is 0.0714. The van der Waals surface area contributed by atoms with Crippen LogP contribution in [0, 0.1) is 64.1 Å². The van der Waals surface area contributed by atoms with E-state index in [1.54, 1.807) is 42.5 Å². The van der Waals surface area contributed by atoms with Crippen LogP contribution in [0.4, 0.5) is 0 Å². The topological polar surface area (TPSA) is 122 Å². The molecule has 0 amide bonds. The second-order valence-corrected chi connectivity index (χ2v) is 22.7. The number of esters is 4. The number of rotatable bonds is 13. The summed E-state index contributed by atoms with van der Waals surface area (Å²) in [5, 5.41) is 0. The lowest BCUT2D eigenvalue weighted by Gasteiger charge is -2.61. The van der Waals surface area contributed by atoms with E-state index in [4.69, 9.17) is 18.9 Å². The number of fused-ring (bicyclic) bond motifs is 8. The second kappa shape index (κ2) is 18.1. The van der Waals surface area contributed by atoms with Crippen LogP contribution in [0.2, 0.25) is 0 Å². The van der Waals surface area contributed by atoms with Crippen LogP contribution in [0.25, 0.3) is 6.08 Å². The third-order valence-corrected chi connectivity index (χ3v) is 18.7. The van der Waals surface area contributed by atoms with Gasteiger partial charge >= 0.3 is 23.9 Å². The number of cyclic esters (lactones) is 4. The number of allylic oxidation sites excluding steroid dienone is 1. The molecular weight excluding hydrogens is 841 g/mol. The van der Waals surface area contributed by atoms with Crippen LogP contribution < -0.4 is 9.47 Å². The van der Waals surface area contributed by atoms with Crippen molar-refractivity contribution in [2.24, 2.45) is 64.1 Å². The fourth-order valence-corrected chi connectivity index (χ4v) is 15.2. The molecule has 354 valence electrons. The summed E-state index contributed by atoms with van der Waals surface area (Å²) in [5.41, 5.74) is 3.62. The van der Waals surface area contributed by atoms with Crippen LogP contribution >= 0.6 is 0 Å². The van der Waals surface area contributed by atoms with Gasteiger partial charge in [0.05, 0.1) is 30.3 Å². The zero-order valence-corrected chi connectivity index (χ0v) is 40.0. The molecule has 0 bridgehead atoms. The Morgan fingerprint density at radius 2 is 1.42 bits per heavy atom. The predicted octanol–water partition coefficient (Wildman–Crippen LogP) is 12.6. The van der Waals surface area contributed by atoms with Crippen LogP contribution in [-0.4, -0.2) is 35.8 Å². The van der Waals surface area contributed by atoms with Gasteiger partial charge in [0.25, 0.3) is 0 Å². The van der Waals surface area contributed by atoms with E-state index in [1.165, 1.54) is 64.2 Å². The third-order valence-electron chi connectivity index (χ3n) is 18.7. The maximum Gasteiger partial charge on any atom is 0.321 e. The van der Waals surface area contributed by atoms with E-state index in [1.807, 2.05) is 36.4 Å². The minimum absolute atomic E-state index is 0.0742. The summed E-state index contributed by atoms with van der Waals surface area (Å²) in [6, 6.07) is 20.1. The molecule has 3 aromatic rings. The average Bonchev–Trinajstić information content (AvgIpc) is 3.95. The molecule has 10 rings (SSSR count). The Hall–Kier alpha value is -5.05. The lowest BCUT2D eigenvalue weighted by molar-refractivity contribution is -0.155. The van der Waals surface area contributed by atoms with E-state index in [-0.39, 0.29) is 24.7 Å². The summed E-state index contributed by atoms with van der Waals surface area (Å²) in [6.45, 7) is 12.7. The lowest BCUT2D eigenvalue weighted by atomic mass is 9.44. The molecule has 4 saturated carbocycles. The Balaban J connectivity index is 0.722. The molecule has 67 heavy (non-hydrogen) atoms. The maximum absolute atomic E-state index is 13.3. The van der Waals surface area contributed by atoms with E-state index < -0.39 is 47.5 Å². The van der Waals surface area contributed by atoms with E-state index in [0.717, 1.165) is 59.7 Å². The molecule has 0 aromatic heterocycles. The third kappa shape index (κ3) is 8.60. The second-order valence-electron chi connectivity index (χ2n) is 22.7. The first kappa shape index (κ1) is 45.7. The first-order chi connectivity index (χ1) is 32.2. The molecule has 3 aromatic carbocycles. The first-order valence-corrected chi connectivity index (χ1v) is 25.6. The largest absolute Gasteiger partial charge is 0.490 e. The normalized spacial score (nSPS) is 34.7. The van der Waals surface area contributed by atoms with Crippen molar-refractivity contribution < 1.29 is 42.9 Å². The van der Waals surface area contributed by atoms with Gasteiger partial charge in [0.15, 0.2) is 5.78 Å². The fraction of sp³-hybridized carbons (Fsp3) is 0.569. The van der Waals surface area contributed by atoms with Gasteiger partial charge in [-0.25, -0.2) is 0 Å². The Kier molecular flexibility index (Phi) is 12.4. The number of hydrogen-bond acceptors (Lipinski definition) is 9. The number of carbonyl (C=O) groups is 5. The summed E-state index contributed by atoms with van der Waals surface area (Å²) in [6.07, 6.45) is 19.8. The summed E-state index contributed by atoms with van der Waals surface area (Å²) in [5.74, 6) is 2.39. The van der Waals surface area contributed by atoms with E-state index >= 15 is 0 Å². The van der Waals surface area contributed by atoms with Gasteiger partial charge in [0.2, 0.25) is 0 Å². The number of carbonyl (C=O) groups excluding carboxylic acids is 5. The van der Waals surface area contributed by atoms with E-state index in [2.05, 4.69) is 34.6 Å². The molecule has 9 heteroatoms. The molecule has 0 radical (unpaired) electrons. The highest BCUT2D eigenvalue weighted by atomic mass is 16.6. The maximum atomic E-state index is 13.3. The molecule has 2 aliphatic heterocycles. The molecule has 6 fully saturated rings. The minimum atomic E-state index is -0.810. The molecule has 6 unspecified atom stereocenters. The molecule has 0 N–H and O–H groups in total. The molecule has 5 aliphatic carbocycles. The first-order valence-electron chi connectivity index (χ1n) is 25.6. The van der Waals surface area contributed by atoms with Gasteiger partial charge in [-0.1, -0.05) is 78.2 Å². The number of ether oxygens (including phenoxy) is 4. The zero-order chi connectivity index (χ0) is 46.8. The van der Waals surface area contributed by atoms with Gasteiger partial charge in [0, 0.05) is 5.56 Å². The number of benzene rings is 3. The smallest absolute Gasteiger partial charge is 0.321 e. The van der Waals surface area contributed by atoms with Crippen LogP contribution in [-0.2, 0) is 28.7 Å². The predicted molar refractivity (Wildman–Crippen MR) is 254 cm³/mol. The monoisotopic (exact) mass is 908 g/mol. The van der Waals surface area contributed by atoms with Crippen molar-refractivity contribution in [3.8, 4) is 17.2 Å². The Morgan fingerprint density at radius 1 is 0.701 bits per heavy atom. The fourth-order valence-electron chi connectivity index (χ4n) is 15.2. The van der Waals surface area contributed by atoms with E-state index in [0.29, 0.717) is 44.9 Å². The summed E-state index contributed by atoms with van der Waals surface area (Å²) < 4.78 is 22.7. The van der Waals surface area contributed by atoms with Crippen LogP contribution in [0.15, 0.2) is 72.8 Å².